The molecule has 2 N–H and O–H groups in total. The molecule has 3 rings (SSSR count). The summed E-state index contributed by atoms with van der Waals surface area (Å²) in [6.45, 7) is 4.25. The zero-order valence-electron chi connectivity index (χ0n) is 10.7. The predicted octanol–water partition coefficient (Wildman–Crippen LogP) is 2.57. The van der Waals surface area contributed by atoms with Crippen LogP contribution >= 0.6 is 0 Å². The average molecular weight is 230 g/mol. The van der Waals surface area contributed by atoms with Gasteiger partial charge in [0.1, 0.15) is 0 Å². The van der Waals surface area contributed by atoms with Gasteiger partial charge in [-0.25, -0.2) is 0 Å². The van der Waals surface area contributed by atoms with Crippen LogP contribution in [0.5, 0.6) is 0 Å². The first kappa shape index (κ1) is 11.1. The van der Waals surface area contributed by atoms with Crippen LogP contribution in [-0.4, -0.2) is 18.6 Å². The third-order valence-electron chi connectivity index (χ3n) is 4.73. The molecule has 2 aliphatic rings. The normalized spacial score (nSPS) is 22.4. The lowest BCUT2D eigenvalue weighted by Crippen LogP contribution is -2.55. The number of fused-ring (bicyclic) bond motifs is 1. The van der Waals surface area contributed by atoms with Crippen LogP contribution < -0.4 is 10.6 Å². The first-order valence-corrected chi connectivity index (χ1v) is 6.87. The molecular formula is C15H22N2. The number of anilines is 1. The SMILES string of the molecule is CCC(CN)(C1CC1)N1CCc2ccccc21. The maximum absolute atomic E-state index is 6.15. The Balaban J connectivity index is 1.99. The van der Waals surface area contributed by atoms with Crippen molar-refractivity contribution in [2.75, 3.05) is 18.0 Å². The molecule has 0 radical (unpaired) electrons. The van der Waals surface area contributed by atoms with Crippen LogP contribution in [0.4, 0.5) is 5.69 Å². The van der Waals surface area contributed by atoms with E-state index in [0.29, 0.717) is 0 Å². The Morgan fingerprint density at radius 2 is 2.12 bits per heavy atom. The van der Waals surface area contributed by atoms with Crippen molar-refractivity contribution in [2.24, 2.45) is 11.7 Å². The van der Waals surface area contributed by atoms with Crippen molar-refractivity contribution >= 4 is 5.69 Å². The van der Waals surface area contributed by atoms with Crippen molar-refractivity contribution < 1.29 is 0 Å². The molecule has 1 unspecified atom stereocenters. The van der Waals surface area contributed by atoms with Gasteiger partial charge in [-0.3, -0.25) is 0 Å². The summed E-state index contributed by atoms with van der Waals surface area (Å²) in [6, 6.07) is 8.83. The van der Waals surface area contributed by atoms with Crippen LogP contribution in [0, 0.1) is 5.92 Å². The third kappa shape index (κ3) is 1.58. The first-order valence-electron chi connectivity index (χ1n) is 6.87. The second-order valence-corrected chi connectivity index (χ2v) is 5.47. The molecule has 0 amide bonds. The van der Waals surface area contributed by atoms with E-state index < -0.39 is 0 Å². The highest BCUT2D eigenvalue weighted by Crippen LogP contribution is 2.48. The maximum Gasteiger partial charge on any atom is 0.0549 e. The fourth-order valence-electron chi connectivity index (χ4n) is 3.54. The van der Waals surface area contributed by atoms with Gasteiger partial charge in [0.2, 0.25) is 0 Å². The van der Waals surface area contributed by atoms with Crippen LogP contribution in [0.25, 0.3) is 0 Å². The molecule has 1 aromatic carbocycles. The Morgan fingerprint density at radius 3 is 2.76 bits per heavy atom. The molecule has 92 valence electrons. The molecule has 1 fully saturated rings. The van der Waals surface area contributed by atoms with Gasteiger partial charge in [-0.2, -0.15) is 0 Å². The van der Waals surface area contributed by atoms with Crippen molar-refractivity contribution in [3.05, 3.63) is 29.8 Å². The highest BCUT2D eigenvalue weighted by atomic mass is 15.2. The van der Waals surface area contributed by atoms with E-state index in [1.165, 1.54) is 36.9 Å². The van der Waals surface area contributed by atoms with Crippen LogP contribution in [-0.2, 0) is 6.42 Å². The van der Waals surface area contributed by atoms with Crippen LogP contribution in [0.1, 0.15) is 31.7 Å². The van der Waals surface area contributed by atoms with E-state index in [1.807, 2.05) is 0 Å². The maximum atomic E-state index is 6.15. The van der Waals surface area contributed by atoms with Crippen molar-refractivity contribution in [3.8, 4) is 0 Å². The summed E-state index contributed by atoms with van der Waals surface area (Å²) in [5.41, 5.74) is 9.32. The number of rotatable bonds is 4. The van der Waals surface area contributed by atoms with E-state index in [2.05, 4.69) is 36.1 Å². The summed E-state index contributed by atoms with van der Waals surface area (Å²) < 4.78 is 0. The fraction of sp³-hybridized carbons (Fsp3) is 0.600. The highest BCUT2D eigenvalue weighted by molar-refractivity contribution is 5.60. The Kier molecular flexibility index (Phi) is 2.62. The summed E-state index contributed by atoms with van der Waals surface area (Å²) >= 11 is 0. The van der Waals surface area contributed by atoms with Gasteiger partial charge in [-0.1, -0.05) is 25.1 Å². The Morgan fingerprint density at radius 1 is 1.35 bits per heavy atom. The number of nitrogens with zero attached hydrogens (tertiary/aromatic N) is 1. The van der Waals surface area contributed by atoms with Crippen LogP contribution in [0.2, 0.25) is 0 Å². The minimum Gasteiger partial charge on any atom is -0.364 e. The molecule has 1 aromatic rings. The molecule has 1 heterocycles. The largest absolute Gasteiger partial charge is 0.364 e. The monoisotopic (exact) mass is 230 g/mol. The molecule has 0 saturated heterocycles. The molecule has 0 aromatic heterocycles. The van der Waals surface area contributed by atoms with Crippen LogP contribution in [0.3, 0.4) is 0 Å². The molecule has 1 atom stereocenters. The van der Waals surface area contributed by atoms with Crippen LogP contribution in [0.15, 0.2) is 24.3 Å². The van der Waals surface area contributed by atoms with Gasteiger partial charge in [-0.05, 0) is 43.2 Å². The van der Waals surface area contributed by atoms with Gasteiger partial charge in [0.25, 0.3) is 0 Å². The molecule has 0 bridgehead atoms. The van der Waals surface area contributed by atoms with E-state index in [0.717, 1.165) is 19.0 Å². The van der Waals surface area contributed by atoms with Gasteiger partial charge in [0.05, 0.1) is 5.54 Å². The number of hydrogen-bond acceptors (Lipinski definition) is 2. The number of hydrogen-bond donors (Lipinski definition) is 1. The average Bonchev–Trinajstić information content (AvgIpc) is 3.13. The Labute approximate surface area is 104 Å². The quantitative estimate of drug-likeness (QED) is 0.861. The summed E-state index contributed by atoms with van der Waals surface area (Å²) in [5.74, 6) is 0.823. The van der Waals surface area contributed by atoms with E-state index in [-0.39, 0.29) is 5.54 Å². The molecule has 0 spiro atoms. The minimum absolute atomic E-state index is 0.229. The van der Waals surface area contributed by atoms with Crippen molar-refractivity contribution in [1.29, 1.82) is 0 Å². The summed E-state index contributed by atoms with van der Waals surface area (Å²) in [4.78, 5) is 2.61. The van der Waals surface area contributed by atoms with Gasteiger partial charge >= 0.3 is 0 Å². The van der Waals surface area contributed by atoms with E-state index in [9.17, 15) is 0 Å². The third-order valence-corrected chi connectivity index (χ3v) is 4.73. The van der Waals surface area contributed by atoms with E-state index >= 15 is 0 Å². The first-order chi connectivity index (χ1) is 8.31. The second kappa shape index (κ2) is 4.02. The Hall–Kier alpha value is -1.02. The smallest absolute Gasteiger partial charge is 0.0549 e. The lowest BCUT2D eigenvalue weighted by molar-refractivity contribution is 0.339. The molecule has 1 aliphatic heterocycles. The lowest BCUT2D eigenvalue weighted by atomic mass is 9.88. The zero-order chi connectivity index (χ0) is 11.9. The van der Waals surface area contributed by atoms with Crippen molar-refractivity contribution in [2.45, 2.75) is 38.1 Å². The molecular weight excluding hydrogens is 208 g/mol. The van der Waals surface area contributed by atoms with Crippen molar-refractivity contribution in [3.63, 3.8) is 0 Å². The zero-order valence-corrected chi connectivity index (χ0v) is 10.7. The minimum atomic E-state index is 0.229. The van der Waals surface area contributed by atoms with Gasteiger partial charge in [0, 0.05) is 18.8 Å². The number of para-hydroxylation sites is 1. The van der Waals surface area contributed by atoms with Gasteiger partial charge in [0.15, 0.2) is 0 Å². The summed E-state index contributed by atoms with van der Waals surface area (Å²) in [5, 5.41) is 0. The van der Waals surface area contributed by atoms with Crippen molar-refractivity contribution in [1.82, 2.24) is 0 Å². The van der Waals surface area contributed by atoms with Gasteiger partial charge < -0.3 is 10.6 Å². The van der Waals surface area contributed by atoms with E-state index in [1.54, 1.807) is 0 Å². The summed E-state index contributed by atoms with van der Waals surface area (Å²) in [6.07, 6.45) is 5.08. The van der Waals surface area contributed by atoms with Gasteiger partial charge in [-0.15, -0.1) is 0 Å². The molecule has 1 saturated carbocycles. The second-order valence-electron chi connectivity index (χ2n) is 5.47. The highest BCUT2D eigenvalue weighted by Gasteiger charge is 2.48. The summed E-state index contributed by atoms with van der Waals surface area (Å²) in [7, 11) is 0. The fourth-order valence-corrected chi connectivity index (χ4v) is 3.54. The number of benzene rings is 1. The standard InChI is InChI=1S/C15H22N2/c1-2-15(11-16,13-7-8-13)17-10-9-12-5-3-4-6-14(12)17/h3-6,13H,2,7-11,16H2,1H3. The molecule has 2 nitrogen and oxygen atoms in total. The molecule has 2 heteroatoms. The molecule has 17 heavy (non-hydrogen) atoms. The van der Waals surface area contributed by atoms with E-state index in [4.69, 9.17) is 5.73 Å². The molecule has 1 aliphatic carbocycles. The Bertz CT molecular complexity index is 405. The topological polar surface area (TPSA) is 29.3 Å². The predicted molar refractivity (Wildman–Crippen MR) is 72.3 cm³/mol. The lowest BCUT2D eigenvalue weighted by Gasteiger charge is -2.43. The number of nitrogens with two attached hydrogens (primary N) is 1.